The lowest BCUT2D eigenvalue weighted by Gasteiger charge is -2.33. The van der Waals surface area contributed by atoms with E-state index in [0.29, 0.717) is 18.7 Å². The maximum atomic E-state index is 6.10. The van der Waals surface area contributed by atoms with Crippen LogP contribution in [0.15, 0.2) is 12.5 Å². The van der Waals surface area contributed by atoms with E-state index >= 15 is 0 Å². The molecular formula is C22H37N5O2Si. The summed E-state index contributed by atoms with van der Waals surface area (Å²) in [5.41, 5.74) is 2.37. The van der Waals surface area contributed by atoms with Gasteiger partial charge in [-0.1, -0.05) is 19.6 Å². The Hall–Kier alpha value is -1.48. The summed E-state index contributed by atoms with van der Waals surface area (Å²) in [6.45, 7) is 15.4. The molecule has 0 saturated carbocycles. The highest BCUT2D eigenvalue weighted by Crippen LogP contribution is 2.37. The lowest BCUT2D eigenvalue weighted by atomic mass is 9.92. The van der Waals surface area contributed by atoms with Gasteiger partial charge in [-0.25, -0.2) is 9.97 Å². The van der Waals surface area contributed by atoms with E-state index in [-0.39, 0.29) is 0 Å². The van der Waals surface area contributed by atoms with E-state index in [1.165, 1.54) is 17.0 Å². The summed E-state index contributed by atoms with van der Waals surface area (Å²) >= 11 is 0. The van der Waals surface area contributed by atoms with Crippen LogP contribution in [0.2, 0.25) is 25.7 Å². The Kier molecular flexibility index (Phi) is 6.77. The number of rotatable bonds is 7. The Morgan fingerprint density at radius 2 is 2.03 bits per heavy atom. The van der Waals surface area contributed by atoms with Gasteiger partial charge in [-0.3, -0.25) is 0 Å². The zero-order chi connectivity index (χ0) is 21.1. The van der Waals surface area contributed by atoms with Gasteiger partial charge in [0.2, 0.25) is 0 Å². The van der Waals surface area contributed by atoms with Crippen LogP contribution < -0.4 is 10.2 Å². The molecule has 1 N–H and O–H groups in total. The highest BCUT2D eigenvalue weighted by Gasteiger charge is 2.27. The van der Waals surface area contributed by atoms with E-state index in [1.54, 1.807) is 6.33 Å². The lowest BCUT2D eigenvalue weighted by Crippen LogP contribution is -2.49. The van der Waals surface area contributed by atoms with Crippen LogP contribution in [0, 0.1) is 0 Å². The predicted molar refractivity (Wildman–Crippen MR) is 124 cm³/mol. The third-order valence-electron chi connectivity index (χ3n) is 6.22. The first-order valence-corrected chi connectivity index (χ1v) is 15.1. The molecule has 0 spiro atoms. The summed E-state index contributed by atoms with van der Waals surface area (Å²) in [7, 11) is -1.10. The average Bonchev–Trinajstić information content (AvgIpc) is 3.10. The third-order valence-corrected chi connectivity index (χ3v) is 7.92. The van der Waals surface area contributed by atoms with Crippen molar-refractivity contribution in [1.29, 1.82) is 0 Å². The van der Waals surface area contributed by atoms with Gasteiger partial charge in [0.25, 0.3) is 0 Å². The molecule has 2 aromatic rings. The van der Waals surface area contributed by atoms with Crippen LogP contribution in [0.5, 0.6) is 0 Å². The van der Waals surface area contributed by atoms with Gasteiger partial charge in [-0.05, 0) is 37.3 Å². The molecule has 0 aliphatic carbocycles. The zero-order valence-electron chi connectivity index (χ0n) is 19.0. The minimum absolute atomic E-state index is 0.460. The van der Waals surface area contributed by atoms with Crippen molar-refractivity contribution >= 4 is 24.9 Å². The standard InChI is InChI=1S/C22H37N5O2Si/c1-17-13-26(8-7-23-17)21-20-19(18-5-9-28-10-6-18)14-27(22(20)25-15-24-21)16-29-11-12-30(2,3)4/h14-15,17-18,23H,5-13,16H2,1-4H3/t17-/m1/s1. The quantitative estimate of drug-likeness (QED) is 0.535. The number of ether oxygens (including phenoxy) is 2. The van der Waals surface area contributed by atoms with Crippen LogP contribution >= 0.6 is 0 Å². The lowest BCUT2D eigenvalue weighted by molar-refractivity contribution is 0.0840. The zero-order valence-corrected chi connectivity index (χ0v) is 20.0. The SMILES string of the molecule is C[C@@H]1CN(c2ncnc3c2c(C2CCOCC2)cn3COCC[Si](C)(C)C)CCN1. The molecule has 166 valence electrons. The summed E-state index contributed by atoms with van der Waals surface area (Å²) in [5, 5.41) is 4.75. The molecule has 0 radical (unpaired) electrons. The third kappa shape index (κ3) is 5.04. The van der Waals surface area contributed by atoms with Crippen LogP contribution in [0.25, 0.3) is 11.0 Å². The van der Waals surface area contributed by atoms with Crippen molar-refractivity contribution in [2.24, 2.45) is 0 Å². The van der Waals surface area contributed by atoms with Crippen LogP contribution in [0.1, 0.15) is 31.2 Å². The fourth-order valence-corrected chi connectivity index (χ4v) is 5.22. The predicted octanol–water partition coefficient (Wildman–Crippen LogP) is 3.44. The largest absolute Gasteiger partial charge is 0.381 e. The second kappa shape index (κ2) is 9.34. The van der Waals surface area contributed by atoms with Crippen LogP contribution in [-0.2, 0) is 16.2 Å². The van der Waals surface area contributed by atoms with Gasteiger partial charge >= 0.3 is 0 Å². The number of hydrogen-bond donors (Lipinski definition) is 1. The van der Waals surface area contributed by atoms with Crippen molar-refractivity contribution in [3.05, 3.63) is 18.1 Å². The first kappa shape index (κ1) is 21.7. The first-order chi connectivity index (χ1) is 14.4. The molecule has 7 nitrogen and oxygen atoms in total. The van der Waals surface area contributed by atoms with Gasteiger partial charge < -0.3 is 24.3 Å². The van der Waals surface area contributed by atoms with Crippen LogP contribution in [0.4, 0.5) is 5.82 Å². The fourth-order valence-electron chi connectivity index (χ4n) is 4.46. The maximum Gasteiger partial charge on any atom is 0.147 e. The fraction of sp³-hybridized carbons (Fsp3) is 0.727. The summed E-state index contributed by atoms with van der Waals surface area (Å²) < 4.78 is 13.9. The number of nitrogens with zero attached hydrogens (tertiary/aromatic N) is 4. The van der Waals surface area contributed by atoms with Crippen molar-refractivity contribution in [1.82, 2.24) is 19.9 Å². The number of fused-ring (bicyclic) bond motifs is 1. The van der Waals surface area contributed by atoms with E-state index in [0.717, 1.165) is 63.8 Å². The second-order valence-corrected chi connectivity index (χ2v) is 15.6. The minimum atomic E-state index is -1.10. The molecule has 2 aliphatic rings. The molecule has 8 heteroatoms. The summed E-state index contributed by atoms with van der Waals surface area (Å²) in [6.07, 6.45) is 6.11. The molecule has 4 rings (SSSR count). The van der Waals surface area contributed by atoms with E-state index in [4.69, 9.17) is 19.4 Å². The van der Waals surface area contributed by atoms with E-state index in [2.05, 4.69) is 47.5 Å². The van der Waals surface area contributed by atoms with Crippen molar-refractivity contribution in [2.45, 2.75) is 64.1 Å². The van der Waals surface area contributed by atoms with Gasteiger partial charge in [-0.15, -0.1) is 0 Å². The average molecular weight is 432 g/mol. The molecule has 2 aliphatic heterocycles. The van der Waals surface area contributed by atoms with E-state index in [1.807, 2.05) is 0 Å². The van der Waals surface area contributed by atoms with E-state index in [9.17, 15) is 0 Å². The number of aromatic nitrogens is 3. The normalized spacial score (nSPS) is 21.5. The molecule has 30 heavy (non-hydrogen) atoms. The molecule has 1 atom stereocenters. The Balaban J connectivity index is 1.66. The molecular weight excluding hydrogens is 394 g/mol. The van der Waals surface area contributed by atoms with Crippen molar-refractivity contribution in [3.63, 3.8) is 0 Å². The Labute approximate surface area is 181 Å². The molecule has 0 bridgehead atoms. The topological polar surface area (TPSA) is 64.4 Å². The summed E-state index contributed by atoms with van der Waals surface area (Å²) in [4.78, 5) is 11.9. The Morgan fingerprint density at radius 3 is 2.77 bits per heavy atom. The van der Waals surface area contributed by atoms with Gasteiger partial charge in [0.15, 0.2) is 0 Å². The second-order valence-electron chi connectivity index (χ2n) is 9.99. The van der Waals surface area contributed by atoms with Crippen molar-refractivity contribution in [2.75, 3.05) is 44.4 Å². The monoisotopic (exact) mass is 431 g/mol. The van der Waals surface area contributed by atoms with Gasteiger partial charge in [0.1, 0.15) is 24.5 Å². The molecule has 0 amide bonds. The van der Waals surface area contributed by atoms with Gasteiger partial charge in [0, 0.05) is 59.8 Å². The van der Waals surface area contributed by atoms with Gasteiger partial charge in [-0.2, -0.15) is 0 Å². The smallest absolute Gasteiger partial charge is 0.147 e. The van der Waals surface area contributed by atoms with Crippen molar-refractivity contribution in [3.8, 4) is 0 Å². The number of piperazine rings is 1. The molecule has 2 saturated heterocycles. The Morgan fingerprint density at radius 1 is 1.23 bits per heavy atom. The van der Waals surface area contributed by atoms with Crippen LogP contribution in [-0.4, -0.2) is 68.1 Å². The minimum Gasteiger partial charge on any atom is -0.381 e. The summed E-state index contributed by atoms with van der Waals surface area (Å²) in [5.74, 6) is 1.57. The molecule has 4 heterocycles. The molecule has 2 aromatic heterocycles. The number of nitrogens with one attached hydrogen (secondary N) is 1. The van der Waals surface area contributed by atoms with Crippen LogP contribution in [0.3, 0.4) is 0 Å². The first-order valence-electron chi connectivity index (χ1n) is 11.4. The number of anilines is 1. The van der Waals surface area contributed by atoms with E-state index < -0.39 is 8.07 Å². The van der Waals surface area contributed by atoms with Crippen molar-refractivity contribution < 1.29 is 9.47 Å². The number of hydrogen-bond acceptors (Lipinski definition) is 6. The summed E-state index contributed by atoms with van der Waals surface area (Å²) in [6, 6.07) is 1.64. The molecule has 0 unspecified atom stereocenters. The highest BCUT2D eigenvalue weighted by atomic mass is 28.3. The molecule has 0 aromatic carbocycles. The Bertz CT molecular complexity index is 844. The van der Waals surface area contributed by atoms with Gasteiger partial charge in [0.05, 0.1) is 5.39 Å². The molecule has 2 fully saturated rings. The maximum absolute atomic E-state index is 6.10. The highest BCUT2D eigenvalue weighted by molar-refractivity contribution is 6.76.